The van der Waals surface area contributed by atoms with Crippen LogP contribution in [-0.2, 0) is 14.4 Å². The van der Waals surface area contributed by atoms with Gasteiger partial charge in [-0.05, 0) is 6.92 Å². The zero-order valence-electron chi connectivity index (χ0n) is 7.82. The second-order valence-electron chi connectivity index (χ2n) is 2.66. The van der Waals surface area contributed by atoms with E-state index >= 15 is 0 Å². The number of aliphatic carboxylic acids is 1. The Balaban J connectivity index is 4.72. The van der Waals surface area contributed by atoms with E-state index in [2.05, 4.69) is 6.58 Å². The highest BCUT2D eigenvalue weighted by molar-refractivity contribution is 6.05. The van der Waals surface area contributed by atoms with E-state index in [0.717, 1.165) is 0 Å². The Morgan fingerprint density at radius 1 is 1.43 bits per heavy atom. The maximum absolute atomic E-state index is 11.3. The lowest BCUT2D eigenvalue weighted by atomic mass is 10.3. The van der Waals surface area contributed by atoms with Crippen molar-refractivity contribution in [3.8, 4) is 0 Å². The highest BCUT2D eigenvalue weighted by Gasteiger charge is 2.22. The van der Waals surface area contributed by atoms with Gasteiger partial charge in [-0.1, -0.05) is 6.58 Å². The Labute approximate surface area is 81.0 Å². The van der Waals surface area contributed by atoms with Crippen molar-refractivity contribution in [2.75, 3.05) is 13.1 Å². The summed E-state index contributed by atoms with van der Waals surface area (Å²) >= 11 is 0. The predicted molar refractivity (Wildman–Crippen MR) is 48.2 cm³/mol. The molecule has 0 rings (SSSR count). The normalized spacial score (nSPS) is 9.29. The minimum absolute atomic E-state index is 0.0908. The number of carboxylic acid groups (broad SMARTS) is 1. The second kappa shape index (κ2) is 5.13. The largest absolute Gasteiger partial charge is 0.480 e. The van der Waals surface area contributed by atoms with Gasteiger partial charge in [-0.15, -0.1) is 0 Å². The predicted octanol–water partition coefficient (Wildman–Crippen LogP) is -1.04. The lowest BCUT2D eigenvalue weighted by Gasteiger charge is -2.17. The van der Waals surface area contributed by atoms with Gasteiger partial charge in [0.05, 0.1) is 6.54 Å². The molecule has 0 aromatic rings. The molecule has 0 heterocycles. The number of nitrogens with zero attached hydrogens (tertiary/aromatic N) is 1. The Hall–Kier alpha value is -1.69. The van der Waals surface area contributed by atoms with Crippen molar-refractivity contribution in [2.24, 2.45) is 5.73 Å². The summed E-state index contributed by atoms with van der Waals surface area (Å²) in [5.41, 5.74) is 5.11. The number of carbonyl (C=O) groups excluding carboxylic acids is 2. The van der Waals surface area contributed by atoms with Crippen LogP contribution in [-0.4, -0.2) is 40.9 Å². The number of hydrogen-bond acceptors (Lipinski definition) is 4. The van der Waals surface area contributed by atoms with Crippen LogP contribution in [0.5, 0.6) is 0 Å². The first kappa shape index (κ1) is 12.3. The molecule has 0 aromatic carbocycles. The van der Waals surface area contributed by atoms with Gasteiger partial charge in [0.1, 0.15) is 6.54 Å². The molecule has 0 radical (unpaired) electrons. The van der Waals surface area contributed by atoms with Gasteiger partial charge in [0.15, 0.2) is 0 Å². The Bertz CT molecular complexity index is 285. The lowest BCUT2D eigenvalue weighted by Crippen LogP contribution is -2.43. The number of hydrogen-bond donors (Lipinski definition) is 2. The van der Waals surface area contributed by atoms with Crippen molar-refractivity contribution >= 4 is 17.8 Å². The lowest BCUT2D eigenvalue weighted by molar-refractivity contribution is -0.150. The van der Waals surface area contributed by atoms with Gasteiger partial charge in [-0.25, -0.2) is 0 Å². The number of amides is 2. The summed E-state index contributed by atoms with van der Waals surface area (Å²) in [6.07, 6.45) is 0. The van der Waals surface area contributed by atoms with Crippen LogP contribution in [0.15, 0.2) is 12.2 Å². The molecule has 78 valence electrons. The van der Waals surface area contributed by atoms with Crippen LogP contribution in [0.25, 0.3) is 0 Å². The Kier molecular flexibility index (Phi) is 4.51. The number of carboxylic acids is 1. The molecule has 0 saturated heterocycles. The molecular formula is C8H12N2O4. The average Bonchev–Trinajstić information content (AvgIpc) is 2.11. The third-order valence-corrected chi connectivity index (χ3v) is 1.38. The van der Waals surface area contributed by atoms with E-state index in [4.69, 9.17) is 10.8 Å². The fourth-order valence-electron chi connectivity index (χ4n) is 0.749. The molecule has 6 heteroatoms. The molecule has 0 aliphatic rings. The number of nitrogens with two attached hydrogens (primary N) is 1. The van der Waals surface area contributed by atoms with Gasteiger partial charge in [0.25, 0.3) is 5.91 Å². The minimum Gasteiger partial charge on any atom is -0.480 e. The van der Waals surface area contributed by atoms with Crippen LogP contribution in [0, 0.1) is 0 Å². The summed E-state index contributed by atoms with van der Waals surface area (Å²) in [7, 11) is 0. The van der Waals surface area contributed by atoms with Crippen molar-refractivity contribution < 1.29 is 19.5 Å². The highest BCUT2D eigenvalue weighted by Crippen LogP contribution is 1.99. The molecule has 14 heavy (non-hydrogen) atoms. The maximum Gasteiger partial charge on any atom is 0.323 e. The minimum atomic E-state index is -1.28. The molecule has 0 saturated carbocycles. The van der Waals surface area contributed by atoms with Crippen LogP contribution >= 0.6 is 0 Å². The molecule has 0 aliphatic carbocycles. The number of carbonyl (C=O) groups is 3. The van der Waals surface area contributed by atoms with Crippen molar-refractivity contribution in [1.82, 2.24) is 4.90 Å². The van der Waals surface area contributed by atoms with Crippen LogP contribution in [0.4, 0.5) is 0 Å². The van der Waals surface area contributed by atoms with Crippen molar-refractivity contribution in [3.05, 3.63) is 12.2 Å². The van der Waals surface area contributed by atoms with Crippen molar-refractivity contribution in [1.29, 1.82) is 0 Å². The van der Waals surface area contributed by atoms with E-state index in [1.54, 1.807) is 0 Å². The summed E-state index contributed by atoms with van der Waals surface area (Å²) in [5.74, 6) is -2.73. The van der Waals surface area contributed by atoms with Gasteiger partial charge >= 0.3 is 5.97 Å². The third kappa shape index (κ3) is 3.36. The van der Waals surface area contributed by atoms with Crippen molar-refractivity contribution in [2.45, 2.75) is 6.92 Å². The molecule has 0 spiro atoms. The highest BCUT2D eigenvalue weighted by atomic mass is 16.4. The molecule has 0 aliphatic heterocycles. The van der Waals surface area contributed by atoms with Gasteiger partial charge in [-0.2, -0.15) is 0 Å². The molecule has 3 N–H and O–H groups in total. The molecule has 2 amide bonds. The molecule has 0 atom stereocenters. The second-order valence-corrected chi connectivity index (χ2v) is 2.66. The molecule has 0 fully saturated rings. The molecule has 6 nitrogen and oxygen atoms in total. The monoisotopic (exact) mass is 200 g/mol. The van der Waals surface area contributed by atoms with Crippen LogP contribution in [0.3, 0.4) is 0 Å². The summed E-state index contributed by atoms with van der Waals surface area (Å²) in [6, 6.07) is 0. The van der Waals surface area contributed by atoms with Crippen LogP contribution in [0.1, 0.15) is 6.92 Å². The number of rotatable bonds is 4. The SMILES string of the molecule is C=C(C)C(=O)N(CC(=O)O)C(=O)CN. The third-order valence-electron chi connectivity index (χ3n) is 1.38. The molecule has 0 unspecified atom stereocenters. The summed E-state index contributed by atoms with van der Waals surface area (Å²) in [6.45, 7) is 3.61. The average molecular weight is 200 g/mol. The molecule has 0 aromatic heterocycles. The van der Waals surface area contributed by atoms with Crippen LogP contribution < -0.4 is 5.73 Å². The first-order valence-corrected chi connectivity index (χ1v) is 3.82. The first-order valence-electron chi connectivity index (χ1n) is 3.82. The molecule has 0 bridgehead atoms. The van der Waals surface area contributed by atoms with E-state index in [9.17, 15) is 14.4 Å². The van der Waals surface area contributed by atoms with Gasteiger partial charge < -0.3 is 10.8 Å². The Morgan fingerprint density at radius 2 is 1.93 bits per heavy atom. The standard InChI is InChI=1S/C8H12N2O4/c1-5(2)8(14)10(4-7(12)13)6(11)3-9/h1,3-4,9H2,2H3,(H,12,13). The van der Waals surface area contributed by atoms with E-state index in [0.29, 0.717) is 4.90 Å². The fourth-order valence-corrected chi connectivity index (χ4v) is 0.749. The first-order chi connectivity index (χ1) is 6.40. The molecular weight excluding hydrogens is 188 g/mol. The fraction of sp³-hybridized carbons (Fsp3) is 0.375. The van der Waals surface area contributed by atoms with Crippen molar-refractivity contribution in [3.63, 3.8) is 0 Å². The van der Waals surface area contributed by atoms with Gasteiger partial charge in [0.2, 0.25) is 5.91 Å². The van der Waals surface area contributed by atoms with E-state index < -0.39 is 30.9 Å². The summed E-state index contributed by atoms with van der Waals surface area (Å²) in [4.78, 5) is 33.2. The van der Waals surface area contributed by atoms with Crippen LogP contribution in [0.2, 0.25) is 0 Å². The van der Waals surface area contributed by atoms with Gasteiger partial charge in [-0.3, -0.25) is 19.3 Å². The topological polar surface area (TPSA) is 101 Å². The zero-order chi connectivity index (χ0) is 11.3. The Morgan fingerprint density at radius 3 is 2.21 bits per heavy atom. The van der Waals surface area contributed by atoms with E-state index in [1.807, 2.05) is 0 Å². The number of imide groups is 1. The van der Waals surface area contributed by atoms with E-state index in [-0.39, 0.29) is 5.57 Å². The summed E-state index contributed by atoms with van der Waals surface area (Å²) in [5, 5.41) is 8.44. The summed E-state index contributed by atoms with van der Waals surface area (Å²) < 4.78 is 0. The maximum atomic E-state index is 11.3. The van der Waals surface area contributed by atoms with Gasteiger partial charge in [0, 0.05) is 5.57 Å². The quantitative estimate of drug-likeness (QED) is 0.564. The smallest absolute Gasteiger partial charge is 0.323 e. The van der Waals surface area contributed by atoms with E-state index in [1.165, 1.54) is 6.92 Å². The zero-order valence-corrected chi connectivity index (χ0v) is 7.82.